The van der Waals surface area contributed by atoms with E-state index in [4.69, 9.17) is 0 Å². The van der Waals surface area contributed by atoms with Gasteiger partial charge in [0.1, 0.15) is 0 Å². The molecular weight excluding hydrogens is 220 g/mol. The first-order valence-corrected chi connectivity index (χ1v) is 7.49. The van der Waals surface area contributed by atoms with Crippen LogP contribution < -0.4 is 5.32 Å². The Morgan fingerprint density at radius 1 is 1.33 bits per heavy atom. The number of hydrogen-bond donors (Lipinski definition) is 1. The third kappa shape index (κ3) is 2.31. The molecule has 3 rings (SSSR count). The molecule has 2 atom stereocenters. The van der Waals surface area contributed by atoms with Crippen molar-refractivity contribution in [1.82, 2.24) is 10.3 Å². The molecule has 1 aromatic rings. The average molecular weight is 244 g/mol. The molecule has 1 aromatic heterocycles. The molecule has 2 heteroatoms. The third-order valence-electron chi connectivity index (χ3n) is 4.92. The van der Waals surface area contributed by atoms with Gasteiger partial charge in [0.05, 0.1) is 0 Å². The van der Waals surface area contributed by atoms with Gasteiger partial charge in [-0.3, -0.25) is 4.98 Å². The number of nitrogens with one attached hydrogen (secondary N) is 1. The SMILES string of the molecule is CNC(CC1CCCC1)C1CCc2cccnc21. The summed E-state index contributed by atoms with van der Waals surface area (Å²) in [7, 11) is 2.13. The van der Waals surface area contributed by atoms with Crippen molar-refractivity contribution in [3.05, 3.63) is 29.6 Å². The number of aromatic nitrogens is 1. The minimum absolute atomic E-state index is 0.629. The summed E-state index contributed by atoms with van der Waals surface area (Å²) in [6, 6.07) is 4.96. The van der Waals surface area contributed by atoms with Gasteiger partial charge < -0.3 is 5.32 Å². The lowest BCUT2D eigenvalue weighted by atomic mass is 9.88. The lowest BCUT2D eigenvalue weighted by molar-refractivity contribution is 0.354. The third-order valence-corrected chi connectivity index (χ3v) is 4.92. The molecule has 0 bridgehead atoms. The number of pyridine rings is 1. The molecular formula is C16H24N2. The summed E-state index contributed by atoms with van der Waals surface area (Å²) in [5.41, 5.74) is 2.85. The maximum atomic E-state index is 4.64. The van der Waals surface area contributed by atoms with Crippen LogP contribution in [0, 0.1) is 5.92 Å². The summed E-state index contributed by atoms with van der Waals surface area (Å²) in [5.74, 6) is 1.60. The maximum absolute atomic E-state index is 4.64. The molecule has 0 amide bonds. The molecule has 1 fully saturated rings. The summed E-state index contributed by atoms with van der Waals surface area (Å²) in [5, 5.41) is 3.57. The van der Waals surface area contributed by atoms with Crippen molar-refractivity contribution in [3.8, 4) is 0 Å². The Bertz CT molecular complexity index is 396. The van der Waals surface area contributed by atoms with Crippen LogP contribution >= 0.6 is 0 Å². The standard InChI is InChI=1S/C16H24N2/c1-17-15(11-12-5-2-3-6-12)14-9-8-13-7-4-10-18-16(13)14/h4,7,10,12,14-15,17H,2-3,5-6,8-9,11H2,1H3. The molecule has 0 aliphatic heterocycles. The summed E-state index contributed by atoms with van der Waals surface area (Å²) in [6.07, 6.45) is 11.6. The Morgan fingerprint density at radius 2 is 2.17 bits per heavy atom. The molecule has 2 aliphatic carbocycles. The van der Waals surface area contributed by atoms with Crippen molar-refractivity contribution in [1.29, 1.82) is 0 Å². The van der Waals surface area contributed by atoms with Crippen molar-refractivity contribution in [3.63, 3.8) is 0 Å². The molecule has 1 N–H and O–H groups in total. The van der Waals surface area contributed by atoms with Gasteiger partial charge in [-0.1, -0.05) is 31.7 Å². The van der Waals surface area contributed by atoms with Crippen LogP contribution in [0.2, 0.25) is 0 Å². The zero-order chi connectivity index (χ0) is 12.4. The summed E-state index contributed by atoms with van der Waals surface area (Å²) in [4.78, 5) is 4.64. The maximum Gasteiger partial charge on any atom is 0.0482 e. The van der Waals surface area contributed by atoms with Crippen molar-refractivity contribution >= 4 is 0 Å². The minimum Gasteiger partial charge on any atom is -0.316 e. The molecule has 98 valence electrons. The van der Waals surface area contributed by atoms with Gasteiger partial charge in [-0.15, -0.1) is 0 Å². The van der Waals surface area contributed by atoms with Gasteiger partial charge in [0.2, 0.25) is 0 Å². The Morgan fingerprint density at radius 3 is 2.94 bits per heavy atom. The number of hydrogen-bond acceptors (Lipinski definition) is 2. The highest BCUT2D eigenvalue weighted by Crippen LogP contribution is 2.38. The molecule has 0 radical (unpaired) electrons. The van der Waals surface area contributed by atoms with Crippen LogP contribution in [0.1, 0.15) is 55.7 Å². The second-order valence-corrected chi connectivity index (χ2v) is 5.97. The predicted molar refractivity (Wildman–Crippen MR) is 74.7 cm³/mol. The van der Waals surface area contributed by atoms with E-state index in [0.717, 1.165) is 5.92 Å². The quantitative estimate of drug-likeness (QED) is 0.879. The van der Waals surface area contributed by atoms with Crippen molar-refractivity contribution in [2.75, 3.05) is 7.05 Å². The fourth-order valence-electron chi connectivity index (χ4n) is 3.92. The fraction of sp³-hybridized carbons (Fsp3) is 0.688. The number of fused-ring (bicyclic) bond motifs is 1. The van der Waals surface area contributed by atoms with E-state index in [0.29, 0.717) is 12.0 Å². The largest absolute Gasteiger partial charge is 0.316 e. The Hall–Kier alpha value is -0.890. The first-order valence-electron chi connectivity index (χ1n) is 7.49. The van der Waals surface area contributed by atoms with Gasteiger partial charge in [-0.25, -0.2) is 0 Å². The van der Waals surface area contributed by atoms with Crippen LogP contribution in [-0.2, 0) is 6.42 Å². The lowest BCUT2D eigenvalue weighted by Gasteiger charge is -2.26. The number of rotatable bonds is 4. The molecule has 2 aliphatic rings. The summed E-state index contributed by atoms with van der Waals surface area (Å²) < 4.78 is 0. The molecule has 1 saturated carbocycles. The van der Waals surface area contributed by atoms with Crippen LogP contribution in [0.4, 0.5) is 0 Å². The molecule has 0 spiro atoms. The molecule has 2 unspecified atom stereocenters. The molecule has 0 saturated heterocycles. The van der Waals surface area contributed by atoms with Crippen LogP contribution in [0.5, 0.6) is 0 Å². The van der Waals surface area contributed by atoms with Gasteiger partial charge in [0, 0.05) is 23.9 Å². The van der Waals surface area contributed by atoms with E-state index in [1.54, 1.807) is 0 Å². The van der Waals surface area contributed by atoms with Crippen molar-refractivity contribution in [2.24, 2.45) is 5.92 Å². The van der Waals surface area contributed by atoms with E-state index < -0.39 is 0 Å². The highest BCUT2D eigenvalue weighted by atomic mass is 14.9. The van der Waals surface area contributed by atoms with Gasteiger partial charge in [-0.2, -0.15) is 0 Å². The first kappa shape index (κ1) is 12.2. The average Bonchev–Trinajstić information content (AvgIpc) is 3.05. The van der Waals surface area contributed by atoms with Gasteiger partial charge in [0.15, 0.2) is 0 Å². The molecule has 0 aromatic carbocycles. The highest BCUT2D eigenvalue weighted by molar-refractivity contribution is 5.30. The Labute approximate surface area is 110 Å². The van der Waals surface area contributed by atoms with Crippen molar-refractivity contribution < 1.29 is 0 Å². The van der Waals surface area contributed by atoms with E-state index >= 15 is 0 Å². The highest BCUT2D eigenvalue weighted by Gasteiger charge is 2.32. The number of aryl methyl sites for hydroxylation is 1. The molecule has 1 heterocycles. The minimum atomic E-state index is 0.629. The van der Waals surface area contributed by atoms with E-state index in [2.05, 4.69) is 29.5 Å². The summed E-state index contributed by atoms with van der Waals surface area (Å²) >= 11 is 0. The van der Waals surface area contributed by atoms with E-state index in [1.807, 2.05) is 6.20 Å². The van der Waals surface area contributed by atoms with E-state index in [9.17, 15) is 0 Å². The fourth-order valence-corrected chi connectivity index (χ4v) is 3.92. The van der Waals surface area contributed by atoms with Gasteiger partial charge in [-0.05, 0) is 43.9 Å². The van der Waals surface area contributed by atoms with E-state index in [-0.39, 0.29) is 0 Å². The van der Waals surface area contributed by atoms with Crippen LogP contribution in [0.3, 0.4) is 0 Å². The zero-order valence-electron chi connectivity index (χ0n) is 11.4. The zero-order valence-corrected chi connectivity index (χ0v) is 11.4. The summed E-state index contributed by atoms with van der Waals surface area (Å²) in [6.45, 7) is 0. The van der Waals surface area contributed by atoms with Crippen LogP contribution in [0.25, 0.3) is 0 Å². The Kier molecular flexibility index (Phi) is 3.64. The smallest absolute Gasteiger partial charge is 0.0482 e. The normalized spacial score (nSPS) is 25.3. The number of likely N-dealkylation sites (N-methyl/N-ethyl adjacent to an activating group) is 1. The topological polar surface area (TPSA) is 24.9 Å². The molecule has 2 nitrogen and oxygen atoms in total. The Balaban J connectivity index is 1.72. The second kappa shape index (κ2) is 5.40. The monoisotopic (exact) mass is 244 g/mol. The first-order chi connectivity index (χ1) is 8.88. The van der Waals surface area contributed by atoms with Gasteiger partial charge in [0.25, 0.3) is 0 Å². The predicted octanol–water partition coefficient (Wildman–Crippen LogP) is 3.28. The van der Waals surface area contributed by atoms with Crippen LogP contribution in [-0.4, -0.2) is 18.1 Å². The van der Waals surface area contributed by atoms with Crippen LogP contribution in [0.15, 0.2) is 18.3 Å². The van der Waals surface area contributed by atoms with Gasteiger partial charge >= 0.3 is 0 Å². The molecule has 18 heavy (non-hydrogen) atoms. The lowest BCUT2D eigenvalue weighted by Crippen LogP contribution is -2.33. The van der Waals surface area contributed by atoms with Crippen molar-refractivity contribution in [2.45, 2.75) is 56.9 Å². The van der Waals surface area contributed by atoms with E-state index in [1.165, 1.54) is 56.2 Å². The number of nitrogens with zero attached hydrogens (tertiary/aromatic N) is 1. The second-order valence-electron chi connectivity index (χ2n) is 5.97.